The van der Waals surface area contributed by atoms with Crippen molar-refractivity contribution >= 4 is 21.7 Å². The Kier molecular flexibility index (Phi) is 5.58. The lowest BCUT2D eigenvalue weighted by molar-refractivity contribution is 0.277. The van der Waals surface area contributed by atoms with Crippen LogP contribution in [-0.4, -0.2) is 40.5 Å². The predicted molar refractivity (Wildman–Crippen MR) is 82.5 cm³/mol. The molecule has 1 unspecified atom stereocenters. The number of likely N-dealkylation sites (tertiary alicyclic amines) is 1. The first-order valence-corrected chi connectivity index (χ1v) is 8.03. The summed E-state index contributed by atoms with van der Waals surface area (Å²) in [6.45, 7) is 7.73. The molecule has 1 saturated heterocycles. The molecule has 0 aliphatic carbocycles. The van der Waals surface area contributed by atoms with Crippen LogP contribution in [0, 0.1) is 0 Å². The van der Waals surface area contributed by atoms with E-state index >= 15 is 0 Å². The first kappa shape index (κ1) is 14.7. The van der Waals surface area contributed by atoms with E-state index in [1.807, 2.05) is 6.07 Å². The molecular formula is C14H23BrN4. The molecule has 0 spiro atoms. The van der Waals surface area contributed by atoms with E-state index in [0.29, 0.717) is 6.04 Å². The maximum Gasteiger partial charge on any atom is 0.132 e. The summed E-state index contributed by atoms with van der Waals surface area (Å²) in [7, 11) is 0. The highest BCUT2D eigenvalue weighted by Crippen LogP contribution is 2.18. The van der Waals surface area contributed by atoms with Crippen molar-refractivity contribution in [3.8, 4) is 0 Å². The quantitative estimate of drug-likeness (QED) is 0.815. The van der Waals surface area contributed by atoms with Gasteiger partial charge in [-0.2, -0.15) is 0 Å². The number of nitrogens with zero attached hydrogens (tertiary/aromatic N) is 3. The summed E-state index contributed by atoms with van der Waals surface area (Å²) in [6.07, 6.45) is 4.60. The number of aromatic nitrogens is 2. The van der Waals surface area contributed by atoms with Gasteiger partial charge in [0.15, 0.2) is 0 Å². The molecule has 1 aromatic rings. The van der Waals surface area contributed by atoms with Crippen molar-refractivity contribution < 1.29 is 0 Å². The highest BCUT2D eigenvalue weighted by Gasteiger charge is 2.22. The van der Waals surface area contributed by atoms with E-state index in [2.05, 4.69) is 50.0 Å². The monoisotopic (exact) mass is 326 g/mol. The number of hydrogen-bond acceptors (Lipinski definition) is 4. The van der Waals surface area contributed by atoms with Crippen molar-refractivity contribution in [3.05, 3.63) is 16.5 Å². The molecular weight excluding hydrogens is 304 g/mol. The minimum Gasteiger partial charge on any atom is -0.368 e. The third-order valence-corrected chi connectivity index (χ3v) is 4.05. The minimum atomic E-state index is 0.647. The Hall–Kier alpha value is -0.680. The van der Waals surface area contributed by atoms with Crippen LogP contribution in [0.4, 0.5) is 5.82 Å². The van der Waals surface area contributed by atoms with E-state index in [0.717, 1.165) is 42.2 Å². The SMILES string of the molecule is CCCc1nc(Br)cc(NCC2CCCN2CC)n1. The smallest absolute Gasteiger partial charge is 0.132 e. The molecule has 106 valence electrons. The van der Waals surface area contributed by atoms with Crippen molar-refractivity contribution in [2.75, 3.05) is 25.0 Å². The van der Waals surface area contributed by atoms with Crippen LogP contribution in [0.25, 0.3) is 0 Å². The van der Waals surface area contributed by atoms with Crippen LogP contribution in [0.3, 0.4) is 0 Å². The van der Waals surface area contributed by atoms with E-state index in [1.165, 1.54) is 19.4 Å². The molecule has 19 heavy (non-hydrogen) atoms. The zero-order chi connectivity index (χ0) is 13.7. The number of halogens is 1. The second-order valence-electron chi connectivity index (χ2n) is 5.05. The van der Waals surface area contributed by atoms with Gasteiger partial charge >= 0.3 is 0 Å². The maximum atomic E-state index is 4.56. The molecule has 0 saturated carbocycles. The molecule has 0 aromatic carbocycles. The summed E-state index contributed by atoms with van der Waals surface area (Å²) in [6, 6.07) is 2.61. The lowest BCUT2D eigenvalue weighted by Gasteiger charge is -2.23. The molecule has 1 aliphatic heterocycles. The molecule has 0 amide bonds. The van der Waals surface area contributed by atoms with Crippen molar-refractivity contribution in [1.29, 1.82) is 0 Å². The van der Waals surface area contributed by atoms with Crippen molar-refractivity contribution in [3.63, 3.8) is 0 Å². The average Bonchev–Trinajstić information content (AvgIpc) is 2.83. The van der Waals surface area contributed by atoms with E-state index in [1.54, 1.807) is 0 Å². The molecule has 2 rings (SSSR count). The molecule has 1 atom stereocenters. The number of nitrogens with one attached hydrogen (secondary N) is 1. The first-order valence-electron chi connectivity index (χ1n) is 7.24. The lowest BCUT2D eigenvalue weighted by Crippen LogP contribution is -2.34. The molecule has 1 aliphatic rings. The van der Waals surface area contributed by atoms with Crippen LogP contribution < -0.4 is 5.32 Å². The Morgan fingerprint density at radius 2 is 2.26 bits per heavy atom. The van der Waals surface area contributed by atoms with Gasteiger partial charge in [0, 0.05) is 25.1 Å². The second kappa shape index (κ2) is 7.20. The van der Waals surface area contributed by atoms with Gasteiger partial charge in [-0.3, -0.25) is 4.90 Å². The summed E-state index contributed by atoms with van der Waals surface area (Å²) in [5, 5.41) is 3.47. The third kappa shape index (κ3) is 4.14. The zero-order valence-electron chi connectivity index (χ0n) is 11.8. The number of likely N-dealkylation sites (N-methyl/N-ethyl adjacent to an activating group) is 1. The fourth-order valence-corrected chi connectivity index (χ4v) is 3.08. The molecule has 2 heterocycles. The standard InChI is InChI=1S/C14H23BrN4/c1-3-6-13-17-12(15)9-14(18-13)16-10-11-7-5-8-19(11)4-2/h9,11H,3-8,10H2,1-2H3,(H,16,17,18). The number of hydrogen-bond donors (Lipinski definition) is 1. The van der Waals surface area contributed by atoms with E-state index in [-0.39, 0.29) is 0 Å². The van der Waals surface area contributed by atoms with Crippen LogP contribution in [0.2, 0.25) is 0 Å². The Labute approximate surface area is 124 Å². The summed E-state index contributed by atoms with van der Waals surface area (Å²) < 4.78 is 0.868. The first-order chi connectivity index (χ1) is 9.22. The molecule has 1 fully saturated rings. The molecule has 1 aromatic heterocycles. The molecule has 0 bridgehead atoms. The van der Waals surface area contributed by atoms with Gasteiger partial charge in [0.25, 0.3) is 0 Å². The van der Waals surface area contributed by atoms with Gasteiger partial charge in [-0.1, -0.05) is 13.8 Å². The van der Waals surface area contributed by atoms with E-state index < -0.39 is 0 Å². The third-order valence-electron chi connectivity index (χ3n) is 3.64. The fraction of sp³-hybridized carbons (Fsp3) is 0.714. The highest BCUT2D eigenvalue weighted by molar-refractivity contribution is 9.10. The summed E-state index contributed by atoms with van der Waals surface area (Å²) in [5.41, 5.74) is 0. The fourth-order valence-electron chi connectivity index (χ4n) is 2.66. The second-order valence-corrected chi connectivity index (χ2v) is 5.86. The number of anilines is 1. The number of aryl methyl sites for hydroxylation is 1. The molecule has 1 N–H and O–H groups in total. The van der Waals surface area contributed by atoms with E-state index in [9.17, 15) is 0 Å². The Morgan fingerprint density at radius 1 is 1.42 bits per heavy atom. The molecule has 0 radical (unpaired) electrons. The molecule has 4 nitrogen and oxygen atoms in total. The van der Waals surface area contributed by atoms with Crippen LogP contribution >= 0.6 is 15.9 Å². The number of rotatable bonds is 6. The van der Waals surface area contributed by atoms with Crippen LogP contribution in [0.15, 0.2) is 10.7 Å². The molecule has 5 heteroatoms. The van der Waals surface area contributed by atoms with Gasteiger partial charge in [0.2, 0.25) is 0 Å². The van der Waals surface area contributed by atoms with Crippen molar-refractivity contribution in [2.24, 2.45) is 0 Å². The minimum absolute atomic E-state index is 0.647. The summed E-state index contributed by atoms with van der Waals surface area (Å²) in [5.74, 6) is 1.85. The normalized spacial score (nSPS) is 19.8. The summed E-state index contributed by atoms with van der Waals surface area (Å²) >= 11 is 3.46. The average molecular weight is 327 g/mol. The van der Waals surface area contributed by atoms with Gasteiger partial charge in [-0.25, -0.2) is 9.97 Å². The van der Waals surface area contributed by atoms with Crippen molar-refractivity contribution in [2.45, 2.75) is 45.6 Å². The maximum absolute atomic E-state index is 4.56. The van der Waals surface area contributed by atoms with Gasteiger partial charge in [0.1, 0.15) is 16.2 Å². The largest absolute Gasteiger partial charge is 0.368 e. The van der Waals surface area contributed by atoms with Gasteiger partial charge in [-0.05, 0) is 48.3 Å². The lowest BCUT2D eigenvalue weighted by atomic mass is 10.2. The topological polar surface area (TPSA) is 41.1 Å². The van der Waals surface area contributed by atoms with Crippen molar-refractivity contribution in [1.82, 2.24) is 14.9 Å². The Morgan fingerprint density at radius 3 is 3.00 bits per heavy atom. The highest BCUT2D eigenvalue weighted by atomic mass is 79.9. The van der Waals surface area contributed by atoms with Gasteiger partial charge in [-0.15, -0.1) is 0 Å². The Balaban J connectivity index is 1.95. The summed E-state index contributed by atoms with van der Waals surface area (Å²) in [4.78, 5) is 11.5. The Bertz CT molecular complexity index is 410. The predicted octanol–water partition coefficient (Wildman–Crippen LogP) is 3.09. The van der Waals surface area contributed by atoms with Crippen LogP contribution in [0.1, 0.15) is 38.9 Å². The van der Waals surface area contributed by atoms with Gasteiger partial charge in [0.05, 0.1) is 0 Å². The van der Waals surface area contributed by atoms with Gasteiger partial charge < -0.3 is 5.32 Å². The van der Waals surface area contributed by atoms with Crippen LogP contribution in [0.5, 0.6) is 0 Å². The zero-order valence-corrected chi connectivity index (χ0v) is 13.4. The van der Waals surface area contributed by atoms with Crippen LogP contribution in [-0.2, 0) is 6.42 Å². The van der Waals surface area contributed by atoms with E-state index in [4.69, 9.17) is 0 Å².